The lowest BCUT2D eigenvalue weighted by Crippen LogP contribution is -2.29. The van der Waals surface area contributed by atoms with E-state index in [1.807, 2.05) is 24.0 Å². The fourth-order valence-corrected chi connectivity index (χ4v) is 4.52. The van der Waals surface area contributed by atoms with Crippen molar-refractivity contribution in [2.75, 3.05) is 6.54 Å². The molecule has 2 N–H and O–H groups in total. The first-order valence-electron chi connectivity index (χ1n) is 10.6. The van der Waals surface area contributed by atoms with Gasteiger partial charge in [0.1, 0.15) is 0 Å². The smallest absolute Gasteiger partial charge is 0.223 e. The lowest BCUT2D eigenvalue weighted by molar-refractivity contribution is -0.124. The largest absolute Gasteiger partial charge is 0.361 e. The lowest BCUT2D eigenvalue weighted by Gasteiger charge is -2.14. The minimum Gasteiger partial charge on any atom is -0.361 e. The minimum atomic E-state index is 0.0669. The van der Waals surface area contributed by atoms with E-state index >= 15 is 0 Å². The van der Waals surface area contributed by atoms with Gasteiger partial charge in [-0.15, -0.1) is 5.10 Å². The summed E-state index contributed by atoms with van der Waals surface area (Å²) in [7, 11) is 0. The zero-order chi connectivity index (χ0) is 20.5. The van der Waals surface area contributed by atoms with E-state index in [0.29, 0.717) is 6.54 Å². The van der Waals surface area contributed by atoms with Crippen molar-refractivity contribution >= 4 is 16.8 Å². The van der Waals surface area contributed by atoms with Crippen molar-refractivity contribution in [1.29, 1.82) is 0 Å². The highest BCUT2D eigenvalue weighted by Crippen LogP contribution is 2.37. The molecule has 0 aliphatic heterocycles. The van der Waals surface area contributed by atoms with Crippen LogP contribution in [0.2, 0.25) is 0 Å². The molecule has 1 aliphatic rings. The van der Waals surface area contributed by atoms with Gasteiger partial charge in [-0.1, -0.05) is 41.6 Å². The first kappa shape index (κ1) is 18.6. The van der Waals surface area contributed by atoms with Crippen LogP contribution < -0.4 is 5.32 Å². The normalized spacial score (nSPS) is 18.7. The number of hydrogen-bond acceptors (Lipinski definition) is 3. The number of carbonyl (C=O) groups excluding carboxylic acids is 1. The average Bonchev–Trinajstić information content (AvgIpc) is 3.53. The molecular weight excluding hydrogens is 374 g/mol. The Labute approximate surface area is 175 Å². The number of aromatic amines is 1. The van der Waals surface area contributed by atoms with Gasteiger partial charge in [-0.3, -0.25) is 4.79 Å². The van der Waals surface area contributed by atoms with Crippen LogP contribution in [0.4, 0.5) is 0 Å². The number of amides is 1. The van der Waals surface area contributed by atoms with Crippen molar-refractivity contribution in [1.82, 2.24) is 25.3 Å². The van der Waals surface area contributed by atoms with Crippen LogP contribution in [0, 0.1) is 5.92 Å². The summed E-state index contributed by atoms with van der Waals surface area (Å²) < 4.78 is 2.00. The Morgan fingerprint density at radius 3 is 2.73 bits per heavy atom. The Morgan fingerprint density at radius 2 is 1.90 bits per heavy atom. The number of nitrogens with one attached hydrogen (secondary N) is 2. The summed E-state index contributed by atoms with van der Waals surface area (Å²) in [5.74, 6) is 0.224. The molecule has 152 valence electrons. The number of fused-ring (bicyclic) bond motifs is 1. The summed E-state index contributed by atoms with van der Waals surface area (Å²) in [6.07, 6.45) is 6.45. The van der Waals surface area contributed by atoms with Gasteiger partial charge in [0.2, 0.25) is 5.91 Å². The quantitative estimate of drug-likeness (QED) is 0.516. The second-order valence-electron chi connectivity index (χ2n) is 7.98. The van der Waals surface area contributed by atoms with Crippen molar-refractivity contribution in [3.8, 4) is 22.4 Å². The Kier molecular flexibility index (Phi) is 4.83. The van der Waals surface area contributed by atoms with Crippen molar-refractivity contribution in [2.45, 2.75) is 32.2 Å². The number of aromatic nitrogens is 4. The van der Waals surface area contributed by atoms with Gasteiger partial charge in [-0.05, 0) is 54.8 Å². The number of benzene rings is 2. The first-order valence-corrected chi connectivity index (χ1v) is 10.6. The molecule has 5 rings (SSSR count). The van der Waals surface area contributed by atoms with Crippen molar-refractivity contribution in [3.05, 3.63) is 60.9 Å². The molecule has 1 amide bonds. The average molecular weight is 399 g/mol. The summed E-state index contributed by atoms with van der Waals surface area (Å²) in [5, 5.41) is 12.7. The molecular formula is C24H25N5O. The Hall–Kier alpha value is -3.41. The molecule has 6 heteroatoms. The van der Waals surface area contributed by atoms with Crippen molar-refractivity contribution in [2.24, 2.45) is 5.92 Å². The molecule has 1 aliphatic carbocycles. The standard InChI is InChI=1S/C24H25N5O/c1-2-25-24(30)20-9-10-21(13-20)29-23(15-27-28-29)18-6-3-16(4-7-18)19-8-5-17-11-12-26-22(17)14-19/h3-8,11-12,14-15,20-21,26H,2,9-10,13H2,1H3,(H,25,30). The molecule has 2 aromatic carbocycles. The Bertz CT molecular complexity index is 1170. The zero-order valence-electron chi connectivity index (χ0n) is 17.0. The number of hydrogen-bond donors (Lipinski definition) is 2. The molecule has 4 aromatic rings. The van der Waals surface area contributed by atoms with E-state index in [0.717, 1.165) is 36.0 Å². The summed E-state index contributed by atoms with van der Waals surface area (Å²) in [6.45, 7) is 2.64. The highest BCUT2D eigenvalue weighted by molar-refractivity contribution is 5.85. The monoisotopic (exact) mass is 399 g/mol. The molecule has 0 bridgehead atoms. The van der Waals surface area contributed by atoms with Crippen LogP contribution in [0.15, 0.2) is 60.9 Å². The van der Waals surface area contributed by atoms with E-state index < -0.39 is 0 Å². The van der Waals surface area contributed by atoms with Gasteiger partial charge in [0.05, 0.1) is 17.9 Å². The fourth-order valence-electron chi connectivity index (χ4n) is 4.52. The topological polar surface area (TPSA) is 75.6 Å². The molecule has 1 fully saturated rings. The fraction of sp³-hybridized carbons (Fsp3) is 0.292. The van der Waals surface area contributed by atoms with Crippen LogP contribution in [0.3, 0.4) is 0 Å². The molecule has 2 unspecified atom stereocenters. The van der Waals surface area contributed by atoms with E-state index in [4.69, 9.17) is 0 Å². The van der Waals surface area contributed by atoms with Crippen molar-refractivity contribution in [3.63, 3.8) is 0 Å². The maximum atomic E-state index is 12.2. The second kappa shape index (κ2) is 7.78. The van der Waals surface area contributed by atoms with Gasteiger partial charge in [-0.2, -0.15) is 0 Å². The molecule has 2 atom stereocenters. The van der Waals surface area contributed by atoms with Crippen LogP contribution in [-0.4, -0.2) is 32.4 Å². The minimum absolute atomic E-state index is 0.0669. The van der Waals surface area contributed by atoms with Gasteiger partial charge in [0.25, 0.3) is 0 Å². The third kappa shape index (κ3) is 3.38. The van der Waals surface area contributed by atoms with Gasteiger partial charge < -0.3 is 10.3 Å². The summed E-state index contributed by atoms with van der Waals surface area (Å²) >= 11 is 0. The molecule has 0 saturated heterocycles. The highest BCUT2D eigenvalue weighted by Gasteiger charge is 2.32. The van der Waals surface area contributed by atoms with Crippen LogP contribution in [0.1, 0.15) is 32.2 Å². The van der Waals surface area contributed by atoms with E-state index in [1.54, 1.807) is 0 Å². The Balaban J connectivity index is 1.37. The predicted octanol–water partition coefficient (Wildman–Crippen LogP) is 4.57. The zero-order valence-corrected chi connectivity index (χ0v) is 17.0. The number of rotatable bonds is 5. The molecule has 2 heterocycles. The first-order chi connectivity index (χ1) is 14.7. The van der Waals surface area contributed by atoms with Gasteiger partial charge in [-0.25, -0.2) is 4.68 Å². The van der Waals surface area contributed by atoms with Gasteiger partial charge in [0, 0.05) is 29.7 Å². The van der Waals surface area contributed by atoms with Crippen LogP contribution in [0.5, 0.6) is 0 Å². The summed E-state index contributed by atoms with van der Waals surface area (Å²) in [4.78, 5) is 15.5. The number of H-pyrrole nitrogens is 1. The maximum Gasteiger partial charge on any atom is 0.223 e. The summed E-state index contributed by atoms with van der Waals surface area (Å²) in [5.41, 5.74) is 5.59. The second-order valence-corrected chi connectivity index (χ2v) is 7.98. The van der Waals surface area contributed by atoms with Gasteiger partial charge >= 0.3 is 0 Å². The van der Waals surface area contributed by atoms with Gasteiger partial charge in [0.15, 0.2) is 0 Å². The number of carbonyl (C=O) groups is 1. The summed E-state index contributed by atoms with van der Waals surface area (Å²) in [6, 6.07) is 17.3. The molecule has 0 spiro atoms. The van der Waals surface area contributed by atoms with E-state index in [-0.39, 0.29) is 17.9 Å². The lowest BCUT2D eigenvalue weighted by atomic mass is 10.0. The van der Waals surface area contributed by atoms with Crippen LogP contribution in [-0.2, 0) is 4.79 Å². The molecule has 6 nitrogen and oxygen atoms in total. The highest BCUT2D eigenvalue weighted by atomic mass is 16.1. The van der Waals surface area contributed by atoms with Crippen LogP contribution >= 0.6 is 0 Å². The third-order valence-corrected chi connectivity index (χ3v) is 6.12. The van der Waals surface area contributed by atoms with E-state index in [1.165, 1.54) is 16.5 Å². The molecule has 2 aromatic heterocycles. The molecule has 1 saturated carbocycles. The molecule has 30 heavy (non-hydrogen) atoms. The molecule has 0 radical (unpaired) electrons. The SMILES string of the molecule is CCNC(=O)C1CCC(n2nncc2-c2ccc(-c3ccc4cc[nH]c4c3)cc2)C1. The Morgan fingerprint density at radius 1 is 1.10 bits per heavy atom. The number of nitrogens with zero attached hydrogens (tertiary/aromatic N) is 3. The van der Waals surface area contributed by atoms with Crippen molar-refractivity contribution < 1.29 is 4.79 Å². The van der Waals surface area contributed by atoms with E-state index in [9.17, 15) is 4.79 Å². The van der Waals surface area contributed by atoms with E-state index in [2.05, 4.69) is 69.1 Å². The predicted molar refractivity (Wildman–Crippen MR) is 118 cm³/mol. The third-order valence-electron chi connectivity index (χ3n) is 6.12. The maximum absolute atomic E-state index is 12.2. The van der Waals surface area contributed by atoms with Crippen LogP contribution in [0.25, 0.3) is 33.3 Å².